The topological polar surface area (TPSA) is 17.1 Å². The van der Waals surface area contributed by atoms with Crippen molar-refractivity contribution in [2.24, 2.45) is 0 Å². The van der Waals surface area contributed by atoms with Gasteiger partial charge < -0.3 is 0 Å². The van der Waals surface area contributed by atoms with Crippen LogP contribution >= 0.6 is 15.9 Å². The maximum atomic E-state index is 11.8. The maximum Gasteiger partial charge on any atom is 0.176 e. The highest BCUT2D eigenvalue weighted by Crippen LogP contribution is 2.13. The minimum Gasteiger partial charge on any atom is -0.293 e. The molecular weight excluding hydrogens is 312 g/mol. The molecule has 1 atom stereocenters. The molecule has 104 valence electrons. The van der Waals surface area contributed by atoms with Crippen molar-refractivity contribution in [3.8, 4) is 0 Å². The summed E-state index contributed by atoms with van der Waals surface area (Å²) in [6, 6.07) is 18.5. The van der Waals surface area contributed by atoms with E-state index in [1.807, 2.05) is 25.1 Å². The standard InChI is InChI=1S/C18H19BrO/c1-14(19)18(20)17-12-10-16(11-13-17)9-5-8-15-6-3-2-4-7-15/h2-4,6-7,10-14H,5,8-9H2,1H3. The molecule has 2 heteroatoms. The Bertz CT molecular complexity index is 543. The highest BCUT2D eigenvalue weighted by Gasteiger charge is 2.11. The summed E-state index contributed by atoms with van der Waals surface area (Å²) < 4.78 is 0. The molecule has 0 aliphatic rings. The van der Waals surface area contributed by atoms with Gasteiger partial charge in [-0.2, -0.15) is 0 Å². The van der Waals surface area contributed by atoms with Gasteiger partial charge in [0.2, 0.25) is 0 Å². The molecule has 0 fully saturated rings. The third-order valence-corrected chi connectivity index (χ3v) is 3.79. The molecule has 0 amide bonds. The largest absolute Gasteiger partial charge is 0.293 e. The van der Waals surface area contributed by atoms with E-state index < -0.39 is 0 Å². The molecule has 0 saturated heterocycles. The van der Waals surface area contributed by atoms with E-state index in [1.54, 1.807) is 0 Å². The van der Waals surface area contributed by atoms with Gasteiger partial charge in [-0.1, -0.05) is 70.5 Å². The summed E-state index contributed by atoms with van der Waals surface area (Å²) in [4.78, 5) is 11.7. The van der Waals surface area contributed by atoms with Crippen molar-refractivity contribution in [3.05, 3.63) is 71.3 Å². The fraction of sp³-hybridized carbons (Fsp3) is 0.278. The summed E-state index contributed by atoms with van der Waals surface area (Å²) in [6.07, 6.45) is 3.28. The number of alkyl halides is 1. The first-order valence-corrected chi connectivity index (χ1v) is 7.89. The third-order valence-electron chi connectivity index (χ3n) is 3.37. The maximum absolute atomic E-state index is 11.8. The molecule has 0 aliphatic heterocycles. The van der Waals surface area contributed by atoms with E-state index in [4.69, 9.17) is 0 Å². The molecule has 2 rings (SSSR count). The van der Waals surface area contributed by atoms with E-state index in [0.717, 1.165) is 24.8 Å². The van der Waals surface area contributed by atoms with Crippen LogP contribution in [-0.4, -0.2) is 10.6 Å². The molecule has 0 heterocycles. The number of carbonyl (C=O) groups excluding carboxylic acids is 1. The van der Waals surface area contributed by atoms with Gasteiger partial charge in [-0.3, -0.25) is 4.79 Å². The van der Waals surface area contributed by atoms with Gasteiger partial charge in [-0.25, -0.2) is 0 Å². The number of hydrogen-bond donors (Lipinski definition) is 0. The second-order valence-corrected chi connectivity index (χ2v) is 6.39. The second-order valence-electron chi connectivity index (χ2n) is 5.02. The molecule has 0 bridgehead atoms. The van der Waals surface area contributed by atoms with E-state index in [2.05, 4.69) is 52.3 Å². The van der Waals surface area contributed by atoms with Crippen LogP contribution in [0.2, 0.25) is 0 Å². The molecule has 2 aromatic rings. The predicted molar refractivity (Wildman–Crippen MR) is 87.6 cm³/mol. The second kappa shape index (κ2) is 7.39. The van der Waals surface area contributed by atoms with Gasteiger partial charge in [0.1, 0.15) is 0 Å². The van der Waals surface area contributed by atoms with Crippen LogP contribution in [0.25, 0.3) is 0 Å². The summed E-state index contributed by atoms with van der Waals surface area (Å²) in [5.74, 6) is 0.140. The SMILES string of the molecule is CC(Br)C(=O)c1ccc(CCCc2ccccc2)cc1. The van der Waals surface area contributed by atoms with E-state index in [-0.39, 0.29) is 10.6 Å². The molecule has 0 N–H and O–H groups in total. The molecule has 0 radical (unpaired) electrons. The van der Waals surface area contributed by atoms with Crippen molar-refractivity contribution in [1.82, 2.24) is 0 Å². The molecule has 0 saturated carbocycles. The van der Waals surface area contributed by atoms with Gasteiger partial charge >= 0.3 is 0 Å². The number of aryl methyl sites for hydroxylation is 2. The number of benzene rings is 2. The lowest BCUT2D eigenvalue weighted by Crippen LogP contribution is -2.09. The number of carbonyl (C=O) groups is 1. The molecule has 0 aromatic heterocycles. The Morgan fingerprint density at radius 3 is 2.05 bits per heavy atom. The zero-order chi connectivity index (χ0) is 14.4. The Morgan fingerprint density at radius 1 is 0.950 bits per heavy atom. The minimum atomic E-state index is -0.119. The fourth-order valence-electron chi connectivity index (χ4n) is 2.21. The quantitative estimate of drug-likeness (QED) is 0.547. The number of rotatable bonds is 6. The zero-order valence-corrected chi connectivity index (χ0v) is 13.3. The van der Waals surface area contributed by atoms with Crippen LogP contribution in [0.1, 0.15) is 34.8 Å². The summed E-state index contributed by atoms with van der Waals surface area (Å²) in [5, 5.41) is 0. The number of halogens is 1. The van der Waals surface area contributed by atoms with Crippen LogP contribution in [0.5, 0.6) is 0 Å². The summed E-state index contributed by atoms with van der Waals surface area (Å²) >= 11 is 3.31. The van der Waals surface area contributed by atoms with Crippen molar-refractivity contribution >= 4 is 21.7 Å². The van der Waals surface area contributed by atoms with Crippen molar-refractivity contribution in [3.63, 3.8) is 0 Å². The lowest BCUT2D eigenvalue weighted by atomic mass is 10.0. The van der Waals surface area contributed by atoms with Crippen molar-refractivity contribution < 1.29 is 4.79 Å². The lowest BCUT2D eigenvalue weighted by molar-refractivity contribution is 0.0996. The van der Waals surface area contributed by atoms with Crippen LogP contribution in [0.3, 0.4) is 0 Å². The van der Waals surface area contributed by atoms with Gasteiger partial charge in [-0.15, -0.1) is 0 Å². The average molecular weight is 331 g/mol. The summed E-state index contributed by atoms with van der Waals surface area (Å²) in [6.45, 7) is 1.86. The fourth-order valence-corrected chi connectivity index (χ4v) is 2.47. The normalized spacial score (nSPS) is 12.1. The average Bonchev–Trinajstić information content (AvgIpc) is 2.48. The van der Waals surface area contributed by atoms with Crippen molar-refractivity contribution in [1.29, 1.82) is 0 Å². The summed E-state index contributed by atoms with van der Waals surface area (Å²) in [7, 11) is 0. The Kier molecular flexibility index (Phi) is 5.54. The molecule has 2 aromatic carbocycles. The van der Waals surface area contributed by atoms with Crippen molar-refractivity contribution in [2.45, 2.75) is 31.0 Å². The van der Waals surface area contributed by atoms with Gasteiger partial charge in [0.25, 0.3) is 0 Å². The highest BCUT2D eigenvalue weighted by molar-refractivity contribution is 9.10. The molecule has 1 nitrogen and oxygen atoms in total. The Balaban J connectivity index is 1.87. The minimum absolute atomic E-state index is 0.119. The first-order chi connectivity index (χ1) is 9.66. The van der Waals surface area contributed by atoms with Gasteiger partial charge in [0, 0.05) is 5.56 Å². The van der Waals surface area contributed by atoms with E-state index in [1.165, 1.54) is 11.1 Å². The number of Topliss-reactive ketones (excluding diaryl/α,β-unsaturated/α-hetero) is 1. The van der Waals surface area contributed by atoms with Crippen LogP contribution in [0.4, 0.5) is 0 Å². The zero-order valence-electron chi connectivity index (χ0n) is 11.7. The monoisotopic (exact) mass is 330 g/mol. The van der Waals surface area contributed by atoms with E-state index >= 15 is 0 Å². The smallest absolute Gasteiger partial charge is 0.176 e. The highest BCUT2D eigenvalue weighted by atomic mass is 79.9. The molecule has 0 aliphatic carbocycles. The van der Waals surface area contributed by atoms with Gasteiger partial charge in [-0.05, 0) is 37.3 Å². The summed E-state index contributed by atoms with van der Waals surface area (Å²) in [5.41, 5.74) is 3.45. The molecule has 1 unspecified atom stereocenters. The van der Waals surface area contributed by atoms with Crippen LogP contribution in [0.15, 0.2) is 54.6 Å². The van der Waals surface area contributed by atoms with E-state index in [0.29, 0.717) is 0 Å². The van der Waals surface area contributed by atoms with Gasteiger partial charge in [0.15, 0.2) is 5.78 Å². The molecule has 0 spiro atoms. The number of hydrogen-bond acceptors (Lipinski definition) is 1. The lowest BCUT2D eigenvalue weighted by Gasteiger charge is -2.05. The Labute approximate surface area is 129 Å². The van der Waals surface area contributed by atoms with E-state index in [9.17, 15) is 4.79 Å². The molecule has 20 heavy (non-hydrogen) atoms. The Hall–Kier alpha value is -1.41. The first kappa shape index (κ1) is 15.0. The van der Waals surface area contributed by atoms with Crippen LogP contribution in [0, 0.1) is 0 Å². The van der Waals surface area contributed by atoms with Crippen LogP contribution < -0.4 is 0 Å². The van der Waals surface area contributed by atoms with Gasteiger partial charge in [0.05, 0.1) is 4.83 Å². The van der Waals surface area contributed by atoms with Crippen LogP contribution in [-0.2, 0) is 12.8 Å². The first-order valence-electron chi connectivity index (χ1n) is 6.98. The molecular formula is C18H19BrO. The predicted octanol–water partition coefficient (Wildman–Crippen LogP) is 4.83. The third kappa shape index (κ3) is 4.31. The van der Waals surface area contributed by atoms with Crippen molar-refractivity contribution in [2.75, 3.05) is 0 Å². The number of ketones is 1. The Morgan fingerprint density at radius 2 is 1.50 bits per heavy atom.